The minimum absolute atomic E-state index is 0.113. The minimum Gasteiger partial charge on any atom is -0.497 e. The van der Waals surface area contributed by atoms with Crippen LogP contribution in [0.1, 0.15) is 45.2 Å². The molecule has 142 valence electrons. The predicted octanol–water partition coefficient (Wildman–Crippen LogP) is 4.76. The van der Waals surface area contributed by atoms with Crippen molar-refractivity contribution < 1.29 is 9.53 Å². The van der Waals surface area contributed by atoms with Crippen molar-refractivity contribution in [3.63, 3.8) is 0 Å². The molecule has 1 aliphatic carbocycles. The van der Waals surface area contributed by atoms with Crippen LogP contribution in [0.2, 0.25) is 0 Å². The van der Waals surface area contributed by atoms with Crippen LogP contribution in [-0.4, -0.2) is 22.9 Å². The summed E-state index contributed by atoms with van der Waals surface area (Å²) in [6, 6.07) is 16.0. The van der Waals surface area contributed by atoms with Gasteiger partial charge in [0.15, 0.2) is 5.78 Å². The number of Topliss-reactive ketones (excluding diaryl/α,β-unsaturated/α-hetero) is 1. The summed E-state index contributed by atoms with van der Waals surface area (Å²) in [7, 11) is 1.65. The SMILES string of the molecule is COc1ccc([C@@H]2CC(=O)c3c(C)nc(Nc4cccc(C)c4)nc3C2)cc1. The van der Waals surface area contributed by atoms with Crippen LogP contribution in [0.15, 0.2) is 48.5 Å². The Hall–Kier alpha value is -3.21. The van der Waals surface area contributed by atoms with E-state index in [2.05, 4.69) is 10.3 Å². The number of anilines is 2. The van der Waals surface area contributed by atoms with Gasteiger partial charge in [-0.2, -0.15) is 0 Å². The summed E-state index contributed by atoms with van der Waals surface area (Å²) in [6.07, 6.45) is 1.20. The highest BCUT2D eigenvalue weighted by atomic mass is 16.5. The van der Waals surface area contributed by atoms with Crippen LogP contribution in [0, 0.1) is 13.8 Å². The number of carbonyl (C=O) groups excluding carboxylic acids is 1. The van der Waals surface area contributed by atoms with Crippen molar-refractivity contribution in [3.8, 4) is 5.75 Å². The van der Waals surface area contributed by atoms with Gasteiger partial charge in [0.1, 0.15) is 5.75 Å². The fourth-order valence-corrected chi connectivity index (χ4v) is 3.79. The number of carbonyl (C=O) groups is 1. The molecular formula is C23H23N3O2. The van der Waals surface area contributed by atoms with E-state index in [-0.39, 0.29) is 11.7 Å². The molecule has 0 radical (unpaired) electrons. The average Bonchev–Trinajstić information content (AvgIpc) is 2.67. The van der Waals surface area contributed by atoms with Gasteiger partial charge in [-0.3, -0.25) is 4.79 Å². The fourth-order valence-electron chi connectivity index (χ4n) is 3.79. The van der Waals surface area contributed by atoms with E-state index in [1.54, 1.807) is 7.11 Å². The van der Waals surface area contributed by atoms with Crippen LogP contribution in [0.25, 0.3) is 0 Å². The zero-order chi connectivity index (χ0) is 19.7. The van der Waals surface area contributed by atoms with Crippen molar-refractivity contribution in [2.45, 2.75) is 32.6 Å². The third-order valence-corrected chi connectivity index (χ3v) is 5.18. The molecule has 0 saturated heterocycles. The van der Waals surface area contributed by atoms with Gasteiger partial charge in [-0.1, -0.05) is 24.3 Å². The number of aryl methyl sites for hydroxylation is 2. The molecule has 0 fully saturated rings. The number of hydrogen-bond acceptors (Lipinski definition) is 5. The van der Waals surface area contributed by atoms with Gasteiger partial charge in [0.25, 0.3) is 0 Å². The molecule has 1 N–H and O–H groups in total. The highest BCUT2D eigenvalue weighted by molar-refractivity contribution is 5.99. The molecule has 4 rings (SSSR count). The number of rotatable bonds is 4. The summed E-state index contributed by atoms with van der Waals surface area (Å²) in [5, 5.41) is 3.27. The molecule has 1 aromatic heterocycles. The van der Waals surface area contributed by atoms with Crippen LogP contribution < -0.4 is 10.1 Å². The number of hydrogen-bond donors (Lipinski definition) is 1. The maximum absolute atomic E-state index is 12.8. The molecular weight excluding hydrogens is 350 g/mol. The van der Waals surface area contributed by atoms with Crippen LogP contribution >= 0.6 is 0 Å². The number of nitrogens with zero attached hydrogens (tertiary/aromatic N) is 2. The lowest BCUT2D eigenvalue weighted by Crippen LogP contribution is -2.22. The molecule has 2 aromatic carbocycles. The summed E-state index contributed by atoms with van der Waals surface area (Å²) in [5.74, 6) is 1.58. The Kier molecular flexibility index (Phi) is 4.82. The maximum Gasteiger partial charge on any atom is 0.227 e. The van der Waals surface area contributed by atoms with Crippen molar-refractivity contribution in [1.29, 1.82) is 0 Å². The Morgan fingerprint density at radius 3 is 2.54 bits per heavy atom. The molecule has 1 atom stereocenters. The number of methoxy groups -OCH3 is 1. The van der Waals surface area contributed by atoms with Crippen molar-refractivity contribution >= 4 is 17.4 Å². The number of aromatic nitrogens is 2. The second-order valence-electron chi connectivity index (χ2n) is 7.25. The number of nitrogens with one attached hydrogen (secondary N) is 1. The first-order chi connectivity index (χ1) is 13.5. The van der Waals surface area contributed by atoms with E-state index in [1.165, 1.54) is 0 Å². The van der Waals surface area contributed by atoms with Gasteiger partial charge >= 0.3 is 0 Å². The first-order valence-corrected chi connectivity index (χ1v) is 9.42. The van der Waals surface area contributed by atoms with Gasteiger partial charge in [0.05, 0.1) is 24.1 Å². The predicted molar refractivity (Wildman–Crippen MR) is 110 cm³/mol. The summed E-state index contributed by atoms with van der Waals surface area (Å²) < 4.78 is 5.23. The van der Waals surface area contributed by atoms with Gasteiger partial charge in [-0.05, 0) is 61.6 Å². The van der Waals surface area contributed by atoms with Gasteiger partial charge in [-0.15, -0.1) is 0 Å². The molecule has 5 heteroatoms. The van der Waals surface area contributed by atoms with E-state index in [0.717, 1.165) is 40.4 Å². The summed E-state index contributed by atoms with van der Waals surface area (Å²) >= 11 is 0. The number of fused-ring (bicyclic) bond motifs is 1. The molecule has 0 unspecified atom stereocenters. The Morgan fingerprint density at radius 1 is 1.04 bits per heavy atom. The van der Waals surface area contributed by atoms with Gasteiger partial charge in [0, 0.05) is 12.1 Å². The Morgan fingerprint density at radius 2 is 1.82 bits per heavy atom. The van der Waals surface area contributed by atoms with E-state index in [0.29, 0.717) is 17.9 Å². The molecule has 0 bridgehead atoms. The summed E-state index contributed by atoms with van der Waals surface area (Å²) in [6.45, 7) is 3.93. The third-order valence-electron chi connectivity index (χ3n) is 5.18. The Bertz CT molecular complexity index is 1030. The third kappa shape index (κ3) is 3.60. The van der Waals surface area contributed by atoms with Crippen molar-refractivity contribution in [1.82, 2.24) is 9.97 Å². The second-order valence-corrected chi connectivity index (χ2v) is 7.25. The Labute approximate surface area is 164 Å². The average molecular weight is 373 g/mol. The van der Waals surface area contributed by atoms with Gasteiger partial charge in [-0.25, -0.2) is 9.97 Å². The molecule has 3 aromatic rings. The van der Waals surface area contributed by atoms with E-state index in [1.807, 2.05) is 62.4 Å². The van der Waals surface area contributed by atoms with E-state index >= 15 is 0 Å². The minimum atomic E-state index is 0.113. The number of ketones is 1. The Balaban J connectivity index is 1.64. The van der Waals surface area contributed by atoms with Gasteiger partial charge in [0.2, 0.25) is 5.95 Å². The van der Waals surface area contributed by atoms with Gasteiger partial charge < -0.3 is 10.1 Å². The van der Waals surface area contributed by atoms with Crippen LogP contribution in [0.4, 0.5) is 11.6 Å². The molecule has 0 aliphatic heterocycles. The first-order valence-electron chi connectivity index (χ1n) is 9.42. The zero-order valence-corrected chi connectivity index (χ0v) is 16.3. The van der Waals surface area contributed by atoms with Crippen LogP contribution in [0.5, 0.6) is 5.75 Å². The number of benzene rings is 2. The highest BCUT2D eigenvalue weighted by Crippen LogP contribution is 2.34. The quantitative estimate of drug-likeness (QED) is 0.714. The molecule has 0 amide bonds. The van der Waals surface area contributed by atoms with Crippen LogP contribution in [0.3, 0.4) is 0 Å². The zero-order valence-electron chi connectivity index (χ0n) is 16.3. The van der Waals surface area contributed by atoms with Crippen molar-refractivity contribution in [2.24, 2.45) is 0 Å². The van der Waals surface area contributed by atoms with E-state index in [4.69, 9.17) is 9.72 Å². The topological polar surface area (TPSA) is 64.1 Å². The summed E-state index contributed by atoms with van der Waals surface area (Å²) in [4.78, 5) is 22.0. The second kappa shape index (κ2) is 7.43. The standard InChI is InChI=1S/C23H23N3O2/c1-14-5-4-6-18(11-14)25-23-24-15(2)22-20(26-23)12-17(13-21(22)27)16-7-9-19(28-3)10-8-16/h4-11,17H,12-13H2,1-3H3,(H,24,25,26)/t17-/m0/s1. The lowest BCUT2D eigenvalue weighted by Gasteiger charge is -2.24. The molecule has 1 heterocycles. The molecule has 1 aliphatic rings. The monoisotopic (exact) mass is 373 g/mol. The van der Waals surface area contributed by atoms with Crippen molar-refractivity contribution in [2.75, 3.05) is 12.4 Å². The summed E-state index contributed by atoms with van der Waals surface area (Å²) in [5.41, 5.74) is 5.46. The van der Waals surface area contributed by atoms with E-state index in [9.17, 15) is 4.79 Å². The fraction of sp³-hybridized carbons (Fsp3) is 0.261. The lowest BCUT2D eigenvalue weighted by molar-refractivity contribution is 0.0962. The highest BCUT2D eigenvalue weighted by Gasteiger charge is 2.30. The molecule has 0 spiro atoms. The molecule has 0 saturated carbocycles. The van der Waals surface area contributed by atoms with E-state index < -0.39 is 0 Å². The van der Waals surface area contributed by atoms with Crippen molar-refractivity contribution in [3.05, 3.63) is 76.6 Å². The molecule has 28 heavy (non-hydrogen) atoms. The molecule has 5 nitrogen and oxygen atoms in total. The maximum atomic E-state index is 12.8. The van der Waals surface area contributed by atoms with Crippen LogP contribution in [-0.2, 0) is 6.42 Å². The normalized spacial score (nSPS) is 15.8. The number of ether oxygens (including phenoxy) is 1. The largest absolute Gasteiger partial charge is 0.497 e. The lowest BCUT2D eigenvalue weighted by atomic mass is 9.81. The smallest absolute Gasteiger partial charge is 0.227 e. The first kappa shape index (κ1) is 18.2.